The average molecular weight is 236 g/mol. The van der Waals surface area contributed by atoms with E-state index in [1.807, 2.05) is 25.1 Å². The Bertz CT molecular complexity index is 728. The molecule has 0 unspecified atom stereocenters. The Kier molecular flexibility index (Phi) is 2.45. The van der Waals surface area contributed by atoms with Gasteiger partial charge in [-0.15, -0.1) is 0 Å². The van der Waals surface area contributed by atoms with Gasteiger partial charge in [-0.05, 0) is 19.1 Å². The lowest BCUT2D eigenvalue weighted by Crippen LogP contribution is -1.89. The molecule has 1 aromatic carbocycles. The number of para-hydroxylation sites is 1. The van der Waals surface area contributed by atoms with Gasteiger partial charge in [0.25, 0.3) is 0 Å². The van der Waals surface area contributed by atoms with Gasteiger partial charge in [0, 0.05) is 45.7 Å². The Morgan fingerprint density at radius 3 is 2.89 bits per heavy atom. The summed E-state index contributed by atoms with van der Waals surface area (Å²) >= 11 is 0. The summed E-state index contributed by atoms with van der Waals surface area (Å²) in [6.07, 6.45) is 4.25. The molecule has 3 aromatic rings. The Labute approximate surface area is 104 Å². The molecule has 0 bridgehead atoms. The van der Waals surface area contributed by atoms with Gasteiger partial charge < -0.3 is 4.98 Å². The van der Waals surface area contributed by atoms with Crippen LogP contribution in [0, 0.1) is 6.92 Å². The molecular weight excluding hydrogens is 224 g/mol. The number of rotatable bonds is 2. The van der Waals surface area contributed by atoms with E-state index in [2.05, 4.69) is 16.0 Å². The van der Waals surface area contributed by atoms with Crippen LogP contribution in [0.3, 0.4) is 0 Å². The van der Waals surface area contributed by atoms with Crippen molar-refractivity contribution in [3.05, 3.63) is 54.0 Å². The third kappa shape index (κ3) is 1.52. The topological polar surface area (TPSA) is 45.8 Å². The van der Waals surface area contributed by atoms with Gasteiger partial charge in [0.2, 0.25) is 0 Å². The fraction of sp³-hybridized carbons (Fsp3) is 0.0667. The zero-order valence-electron chi connectivity index (χ0n) is 9.97. The lowest BCUT2D eigenvalue weighted by Gasteiger charge is -2.04. The summed E-state index contributed by atoms with van der Waals surface area (Å²) < 4.78 is 0. The Morgan fingerprint density at radius 1 is 1.22 bits per heavy atom. The minimum atomic E-state index is 0.665. The van der Waals surface area contributed by atoms with Crippen LogP contribution >= 0.6 is 0 Å². The van der Waals surface area contributed by atoms with E-state index in [0.29, 0.717) is 5.56 Å². The molecule has 0 radical (unpaired) electrons. The first-order valence-electron chi connectivity index (χ1n) is 5.78. The maximum atomic E-state index is 11.1. The molecule has 2 heterocycles. The van der Waals surface area contributed by atoms with Crippen molar-refractivity contribution in [1.29, 1.82) is 0 Å². The highest BCUT2D eigenvalue weighted by atomic mass is 16.1. The molecule has 88 valence electrons. The van der Waals surface area contributed by atoms with E-state index in [4.69, 9.17) is 0 Å². The second kappa shape index (κ2) is 4.11. The van der Waals surface area contributed by atoms with Crippen molar-refractivity contribution in [1.82, 2.24) is 9.97 Å². The van der Waals surface area contributed by atoms with Crippen LogP contribution in [0.1, 0.15) is 16.1 Å². The van der Waals surface area contributed by atoms with Crippen molar-refractivity contribution >= 4 is 17.2 Å². The molecule has 3 rings (SSSR count). The number of aromatic nitrogens is 2. The van der Waals surface area contributed by atoms with Crippen molar-refractivity contribution in [2.75, 3.05) is 0 Å². The first kappa shape index (κ1) is 10.7. The molecule has 3 heteroatoms. The van der Waals surface area contributed by atoms with Crippen LogP contribution in [0.5, 0.6) is 0 Å². The van der Waals surface area contributed by atoms with Gasteiger partial charge in [0.15, 0.2) is 6.29 Å². The highest BCUT2D eigenvalue weighted by molar-refractivity contribution is 6.01. The fourth-order valence-corrected chi connectivity index (χ4v) is 2.34. The molecule has 3 nitrogen and oxygen atoms in total. The van der Waals surface area contributed by atoms with Gasteiger partial charge in [-0.25, -0.2) is 0 Å². The van der Waals surface area contributed by atoms with Gasteiger partial charge >= 0.3 is 0 Å². The number of benzene rings is 1. The van der Waals surface area contributed by atoms with Crippen molar-refractivity contribution < 1.29 is 4.79 Å². The van der Waals surface area contributed by atoms with Crippen LogP contribution in [0.2, 0.25) is 0 Å². The highest BCUT2D eigenvalue weighted by Crippen LogP contribution is 2.32. The maximum Gasteiger partial charge on any atom is 0.150 e. The number of aryl methyl sites for hydroxylation is 1. The van der Waals surface area contributed by atoms with Gasteiger partial charge in [-0.2, -0.15) is 0 Å². The molecule has 0 amide bonds. The summed E-state index contributed by atoms with van der Waals surface area (Å²) in [5, 5.41) is 1.12. The van der Waals surface area contributed by atoms with Crippen LogP contribution in [-0.4, -0.2) is 16.3 Å². The van der Waals surface area contributed by atoms with Crippen molar-refractivity contribution in [2.24, 2.45) is 0 Å². The van der Waals surface area contributed by atoms with E-state index in [-0.39, 0.29) is 0 Å². The normalized spacial score (nSPS) is 10.7. The zero-order chi connectivity index (χ0) is 12.5. The van der Waals surface area contributed by atoms with E-state index in [9.17, 15) is 4.79 Å². The van der Waals surface area contributed by atoms with Crippen LogP contribution < -0.4 is 0 Å². The van der Waals surface area contributed by atoms with Crippen molar-refractivity contribution in [3.8, 4) is 11.1 Å². The third-order valence-corrected chi connectivity index (χ3v) is 3.14. The lowest BCUT2D eigenvalue weighted by atomic mass is 10.00. The smallest absolute Gasteiger partial charge is 0.150 e. The number of carbonyl (C=O) groups excluding carboxylic acids is 1. The molecule has 18 heavy (non-hydrogen) atoms. The number of carbonyl (C=O) groups is 1. The number of H-pyrrole nitrogens is 1. The Balaban J connectivity index is 2.38. The number of pyridine rings is 1. The third-order valence-electron chi connectivity index (χ3n) is 3.14. The monoisotopic (exact) mass is 236 g/mol. The van der Waals surface area contributed by atoms with Crippen LogP contribution in [-0.2, 0) is 0 Å². The van der Waals surface area contributed by atoms with Crippen LogP contribution in [0.15, 0.2) is 42.7 Å². The molecule has 0 aliphatic carbocycles. The quantitative estimate of drug-likeness (QED) is 0.693. The van der Waals surface area contributed by atoms with E-state index in [1.165, 1.54) is 0 Å². The Morgan fingerprint density at radius 2 is 2.06 bits per heavy atom. The molecule has 0 saturated heterocycles. The number of fused-ring (bicyclic) bond motifs is 1. The number of nitrogens with one attached hydrogen (secondary N) is 1. The highest BCUT2D eigenvalue weighted by Gasteiger charge is 2.13. The number of hydrogen-bond donors (Lipinski definition) is 1. The van der Waals surface area contributed by atoms with E-state index in [1.54, 1.807) is 18.5 Å². The van der Waals surface area contributed by atoms with E-state index >= 15 is 0 Å². The predicted molar refractivity (Wildman–Crippen MR) is 71.7 cm³/mol. The molecular formula is C15H12N2O. The Hall–Kier alpha value is -2.42. The summed E-state index contributed by atoms with van der Waals surface area (Å²) in [5.41, 5.74) is 4.72. The minimum Gasteiger partial charge on any atom is -0.358 e. The van der Waals surface area contributed by atoms with E-state index < -0.39 is 0 Å². The minimum absolute atomic E-state index is 0.665. The summed E-state index contributed by atoms with van der Waals surface area (Å²) in [5.74, 6) is 0. The SMILES string of the molecule is Cc1[nH]c2ccccc2c1-c1cnccc1C=O. The number of aldehydes is 1. The van der Waals surface area contributed by atoms with Crippen LogP contribution in [0.25, 0.3) is 22.0 Å². The van der Waals surface area contributed by atoms with Gasteiger partial charge in [0.1, 0.15) is 0 Å². The fourth-order valence-electron chi connectivity index (χ4n) is 2.34. The molecule has 2 aromatic heterocycles. The van der Waals surface area contributed by atoms with Crippen molar-refractivity contribution in [2.45, 2.75) is 6.92 Å². The molecule has 0 atom stereocenters. The average Bonchev–Trinajstić information content (AvgIpc) is 2.74. The predicted octanol–water partition coefficient (Wildman–Crippen LogP) is 3.35. The summed E-state index contributed by atoms with van der Waals surface area (Å²) in [4.78, 5) is 18.6. The van der Waals surface area contributed by atoms with E-state index in [0.717, 1.165) is 34.0 Å². The number of hydrogen-bond acceptors (Lipinski definition) is 2. The molecule has 0 fully saturated rings. The molecule has 0 aliphatic heterocycles. The number of aromatic amines is 1. The molecule has 0 aliphatic rings. The maximum absolute atomic E-state index is 11.1. The molecule has 0 saturated carbocycles. The summed E-state index contributed by atoms with van der Waals surface area (Å²) in [7, 11) is 0. The van der Waals surface area contributed by atoms with Gasteiger partial charge in [-0.1, -0.05) is 18.2 Å². The van der Waals surface area contributed by atoms with Crippen LogP contribution in [0.4, 0.5) is 0 Å². The standard InChI is InChI=1S/C15H12N2O/c1-10-15(12-4-2-3-5-14(12)17-10)13-8-16-7-6-11(13)9-18/h2-9,17H,1H3. The first-order valence-corrected chi connectivity index (χ1v) is 5.78. The second-order valence-electron chi connectivity index (χ2n) is 4.25. The summed E-state index contributed by atoms with van der Waals surface area (Å²) in [6, 6.07) is 9.81. The zero-order valence-corrected chi connectivity index (χ0v) is 9.97. The summed E-state index contributed by atoms with van der Waals surface area (Å²) in [6.45, 7) is 2.01. The molecule has 0 spiro atoms. The molecule has 1 N–H and O–H groups in total. The van der Waals surface area contributed by atoms with Crippen molar-refractivity contribution in [3.63, 3.8) is 0 Å². The van der Waals surface area contributed by atoms with Gasteiger partial charge in [-0.3, -0.25) is 9.78 Å². The number of nitrogens with zero attached hydrogens (tertiary/aromatic N) is 1. The first-order chi connectivity index (χ1) is 8.81. The second-order valence-corrected chi connectivity index (χ2v) is 4.25. The largest absolute Gasteiger partial charge is 0.358 e. The lowest BCUT2D eigenvalue weighted by molar-refractivity contribution is 0.112. The van der Waals surface area contributed by atoms with Gasteiger partial charge in [0.05, 0.1) is 0 Å².